The molecular formula is C16H16O2S2. The van der Waals surface area contributed by atoms with Gasteiger partial charge in [-0.25, -0.2) is 0 Å². The minimum Gasteiger partial charge on any atom is -0.460 e. The molecule has 0 bridgehead atoms. The molecule has 0 aliphatic heterocycles. The molecule has 0 unspecified atom stereocenters. The van der Waals surface area contributed by atoms with Crippen LogP contribution in [0.5, 0.6) is 0 Å². The quantitative estimate of drug-likeness (QED) is 0.432. The average molecular weight is 304 g/mol. The van der Waals surface area contributed by atoms with Crippen LogP contribution in [0.1, 0.15) is 11.1 Å². The molecule has 0 aliphatic carbocycles. The number of hydrogen-bond acceptors (Lipinski definition) is 4. The summed E-state index contributed by atoms with van der Waals surface area (Å²) >= 11 is 0. The third-order valence-corrected chi connectivity index (χ3v) is 4.75. The van der Waals surface area contributed by atoms with Crippen molar-refractivity contribution in [1.29, 1.82) is 0 Å². The van der Waals surface area contributed by atoms with E-state index < -0.39 is 0 Å². The van der Waals surface area contributed by atoms with Crippen LogP contribution in [0.2, 0.25) is 0 Å². The van der Waals surface area contributed by atoms with Crippen molar-refractivity contribution in [2.24, 2.45) is 0 Å². The van der Waals surface area contributed by atoms with Crippen molar-refractivity contribution in [3.05, 3.63) is 71.8 Å². The van der Waals surface area contributed by atoms with E-state index in [0.29, 0.717) is 12.4 Å². The third-order valence-electron chi connectivity index (χ3n) is 2.57. The van der Waals surface area contributed by atoms with Gasteiger partial charge < -0.3 is 4.74 Å². The summed E-state index contributed by atoms with van der Waals surface area (Å²) in [7, 11) is 3.21. The lowest BCUT2D eigenvalue weighted by Gasteiger charge is -2.04. The normalized spacial score (nSPS) is 10.2. The lowest BCUT2D eigenvalue weighted by molar-refractivity contribution is -0.141. The Morgan fingerprint density at radius 3 is 2.10 bits per heavy atom. The first-order chi connectivity index (χ1) is 9.84. The second kappa shape index (κ2) is 8.72. The predicted molar refractivity (Wildman–Crippen MR) is 86.4 cm³/mol. The van der Waals surface area contributed by atoms with E-state index in [2.05, 4.69) is 12.1 Å². The van der Waals surface area contributed by atoms with Crippen molar-refractivity contribution in [3.63, 3.8) is 0 Å². The molecule has 0 aliphatic rings. The van der Waals surface area contributed by atoms with Gasteiger partial charge in [0.15, 0.2) is 0 Å². The Labute approximate surface area is 127 Å². The first-order valence-electron chi connectivity index (χ1n) is 6.32. The SMILES string of the molecule is O=C(CSSCc1ccccc1)OCc1ccccc1. The fraction of sp³-hybridized carbons (Fsp3) is 0.188. The van der Waals surface area contributed by atoms with Crippen LogP contribution in [0.25, 0.3) is 0 Å². The summed E-state index contributed by atoms with van der Waals surface area (Å²) in [5.41, 5.74) is 2.28. The van der Waals surface area contributed by atoms with Gasteiger partial charge in [0.1, 0.15) is 12.4 Å². The van der Waals surface area contributed by atoms with Gasteiger partial charge in [0.05, 0.1) is 0 Å². The smallest absolute Gasteiger partial charge is 0.317 e. The molecule has 2 rings (SSSR count). The lowest BCUT2D eigenvalue weighted by atomic mass is 10.2. The molecule has 0 fully saturated rings. The molecule has 0 aromatic heterocycles. The molecule has 0 saturated carbocycles. The lowest BCUT2D eigenvalue weighted by Crippen LogP contribution is -2.06. The van der Waals surface area contributed by atoms with E-state index in [1.54, 1.807) is 10.8 Å². The second-order valence-corrected chi connectivity index (χ2v) is 6.62. The van der Waals surface area contributed by atoms with Crippen LogP contribution in [0.15, 0.2) is 60.7 Å². The first kappa shape index (κ1) is 15.0. The summed E-state index contributed by atoms with van der Waals surface area (Å²) in [5, 5.41) is 0. The van der Waals surface area contributed by atoms with Gasteiger partial charge >= 0.3 is 5.97 Å². The number of benzene rings is 2. The van der Waals surface area contributed by atoms with E-state index in [1.807, 2.05) is 48.5 Å². The van der Waals surface area contributed by atoms with Gasteiger partial charge in [-0.05, 0) is 11.1 Å². The van der Waals surface area contributed by atoms with Gasteiger partial charge in [0, 0.05) is 5.75 Å². The van der Waals surface area contributed by atoms with Crippen LogP contribution in [-0.2, 0) is 21.9 Å². The highest BCUT2D eigenvalue weighted by atomic mass is 33.1. The van der Waals surface area contributed by atoms with Crippen LogP contribution in [0.3, 0.4) is 0 Å². The minimum atomic E-state index is -0.167. The molecule has 4 heteroatoms. The molecule has 2 aromatic rings. The van der Waals surface area contributed by atoms with Crippen LogP contribution in [0, 0.1) is 0 Å². The van der Waals surface area contributed by atoms with E-state index in [4.69, 9.17) is 4.74 Å². The highest BCUT2D eigenvalue weighted by molar-refractivity contribution is 8.76. The Morgan fingerprint density at radius 1 is 0.850 bits per heavy atom. The Hall–Kier alpha value is -1.39. The summed E-state index contributed by atoms with van der Waals surface area (Å²) in [6.45, 7) is 0.351. The largest absolute Gasteiger partial charge is 0.460 e. The first-order valence-corrected chi connectivity index (χ1v) is 8.81. The fourth-order valence-corrected chi connectivity index (χ4v) is 3.43. The van der Waals surface area contributed by atoms with Crippen molar-refractivity contribution < 1.29 is 9.53 Å². The maximum absolute atomic E-state index is 11.6. The van der Waals surface area contributed by atoms with E-state index in [0.717, 1.165) is 11.3 Å². The number of hydrogen-bond donors (Lipinski definition) is 0. The van der Waals surface area contributed by atoms with Gasteiger partial charge in [-0.1, -0.05) is 82.3 Å². The zero-order chi connectivity index (χ0) is 14.0. The standard InChI is InChI=1S/C16H16O2S2/c17-16(18-11-14-7-3-1-4-8-14)13-20-19-12-15-9-5-2-6-10-15/h1-10H,11-13H2. The van der Waals surface area contributed by atoms with Crippen molar-refractivity contribution >= 4 is 27.6 Å². The van der Waals surface area contributed by atoms with Gasteiger partial charge in [0.2, 0.25) is 0 Å². The van der Waals surface area contributed by atoms with E-state index >= 15 is 0 Å². The summed E-state index contributed by atoms with van der Waals surface area (Å²) in [5.74, 6) is 1.11. The Morgan fingerprint density at radius 2 is 1.45 bits per heavy atom. The molecule has 2 aromatic carbocycles. The molecule has 0 spiro atoms. The maximum atomic E-state index is 11.6. The number of ether oxygens (including phenoxy) is 1. The van der Waals surface area contributed by atoms with Crippen LogP contribution in [-0.4, -0.2) is 11.7 Å². The Kier molecular flexibility index (Phi) is 6.54. The fourth-order valence-electron chi connectivity index (χ4n) is 1.55. The molecule has 104 valence electrons. The van der Waals surface area contributed by atoms with Crippen molar-refractivity contribution in [3.8, 4) is 0 Å². The number of rotatable bonds is 7. The van der Waals surface area contributed by atoms with Crippen LogP contribution in [0.4, 0.5) is 0 Å². The summed E-state index contributed by atoms with van der Waals surface area (Å²) in [6.07, 6.45) is 0. The van der Waals surface area contributed by atoms with Crippen molar-refractivity contribution in [2.75, 3.05) is 5.75 Å². The summed E-state index contributed by atoms with van der Waals surface area (Å²) in [4.78, 5) is 11.6. The van der Waals surface area contributed by atoms with Crippen molar-refractivity contribution in [2.45, 2.75) is 12.4 Å². The molecule has 0 radical (unpaired) electrons. The number of carbonyl (C=O) groups is 1. The maximum Gasteiger partial charge on any atom is 0.317 e. The van der Waals surface area contributed by atoms with Gasteiger partial charge in [0.25, 0.3) is 0 Å². The minimum absolute atomic E-state index is 0.167. The molecule has 0 N–H and O–H groups in total. The Balaban J connectivity index is 1.59. The third kappa shape index (κ3) is 5.72. The van der Waals surface area contributed by atoms with Gasteiger partial charge in [-0.15, -0.1) is 0 Å². The summed E-state index contributed by atoms with van der Waals surface area (Å²) in [6, 6.07) is 19.9. The molecule has 0 heterocycles. The summed E-state index contributed by atoms with van der Waals surface area (Å²) < 4.78 is 5.21. The van der Waals surface area contributed by atoms with Crippen LogP contribution < -0.4 is 0 Å². The average Bonchev–Trinajstić information content (AvgIpc) is 2.52. The van der Waals surface area contributed by atoms with Crippen LogP contribution >= 0.6 is 21.6 Å². The molecule has 2 nitrogen and oxygen atoms in total. The molecule has 0 atom stereocenters. The number of carbonyl (C=O) groups excluding carboxylic acids is 1. The molecule has 0 amide bonds. The monoisotopic (exact) mass is 304 g/mol. The zero-order valence-electron chi connectivity index (χ0n) is 11.0. The topological polar surface area (TPSA) is 26.3 Å². The van der Waals surface area contributed by atoms with E-state index in [1.165, 1.54) is 16.4 Å². The zero-order valence-corrected chi connectivity index (χ0v) is 12.7. The highest BCUT2D eigenvalue weighted by Crippen LogP contribution is 2.25. The van der Waals surface area contributed by atoms with Crippen molar-refractivity contribution in [1.82, 2.24) is 0 Å². The molecule has 0 saturated heterocycles. The molecular weight excluding hydrogens is 288 g/mol. The van der Waals surface area contributed by atoms with Gasteiger partial charge in [-0.2, -0.15) is 0 Å². The second-order valence-electron chi connectivity index (χ2n) is 4.16. The number of esters is 1. The molecule has 20 heavy (non-hydrogen) atoms. The Bertz CT molecular complexity index is 515. The van der Waals surface area contributed by atoms with E-state index in [9.17, 15) is 4.79 Å². The predicted octanol–water partition coefficient (Wildman–Crippen LogP) is 4.31. The highest BCUT2D eigenvalue weighted by Gasteiger charge is 2.04. The van der Waals surface area contributed by atoms with E-state index in [-0.39, 0.29) is 5.97 Å². The van der Waals surface area contributed by atoms with Gasteiger partial charge in [-0.3, -0.25) is 4.79 Å².